The second kappa shape index (κ2) is 7.47. The Bertz CT molecular complexity index is 869. The number of hydrogen-bond acceptors (Lipinski definition) is 6. The summed E-state index contributed by atoms with van der Waals surface area (Å²) in [5, 5.41) is 14.6. The van der Waals surface area contributed by atoms with Crippen molar-refractivity contribution >= 4 is 5.91 Å². The number of hydrogen-bond donors (Lipinski definition) is 1. The quantitative estimate of drug-likeness (QED) is 0.697. The van der Waals surface area contributed by atoms with E-state index in [1.165, 1.54) is 10.2 Å². The van der Waals surface area contributed by atoms with E-state index in [9.17, 15) is 4.79 Å². The van der Waals surface area contributed by atoms with E-state index in [-0.39, 0.29) is 17.0 Å². The Balaban J connectivity index is 1.54. The van der Waals surface area contributed by atoms with Crippen molar-refractivity contribution in [1.82, 2.24) is 30.5 Å². The van der Waals surface area contributed by atoms with Gasteiger partial charge in [0.2, 0.25) is 5.89 Å². The van der Waals surface area contributed by atoms with Crippen molar-refractivity contribution in [2.24, 2.45) is 5.41 Å². The van der Waals surface area contributed by atoms with Gasteiger partial charge in [-0.1, -0.05) is 54.5 Å². The molecule has 0 saturated heterocycles. The summed E-state index contributed by atoms with van der Waals surface area (Å²) in [5.41, 5.74) is 1.43. The van der Waals surface area contributed by atoms with Gasteiger partial charge in [-0.3, -0.25) is 4.79 Å². The summed E-state index contributed by atoms with van der Waals surface area (Å²) in [6.45, 7) is 6.80. The largest absolute Gasteiger partial charge is 0.350 e. The van der Waals surface area contributed by atoms with Crippen LogP contribution in [0.3, 0.4) is 0 Å². The highest BCUT2D eigenvalue weighted by Crippen LogP contribution is 2.20. The summed E-state index contributed by atoms with van der Waals surface area (Å²) in [5.74, 6) is 0.726. The molecule has 8 heteroatoms. The summed E-state index contributed by atoms with van der Waals surface area (Å²) < 4.78 is 6.42. The molecule has 8 nitrogen and oxygen atoms in total. The van der Waals surface area contributed by atoms with Crippen LogP contribution in [-0.2, 0) is 13.0 Å². The van der Waals surface area contributed by atoms with Crippen molar-refractivity contribution in [2.75, 3.05) is 6.54 Å². The van der Waals surface area contributed by atoms with E-state index in [1.807, 2.05) is 18.2 Å². The normalized spacial score (nSPS) is 11.5. The summed E-state index contributed by atoms with van der Waals surface area (Å²) in [7, 11) is 0. The van der Waals surface area contributed by atoms with Crippen LogP contribution >= 0.6 is 0 Å². The molecule has 136 valence electrons. The van der Waals surface area contributed by atoms with Crippen LogP contribution in [0.5, 0.6) is 0 Å². The molecule has 0 bridgehead atoms. The summed E-state index contributed by atoms with van der Waals surface area (Å²) in [4.78, 5) is 16.4. The van der Waals surface area contributed by atoms with E-state index in [4.69, 9.17) is 4.52 Å². The molecule has 2 aromatic heterocycles. The molecule has 0 fully saturated rings. The minimum atomic E-state index is -0.248. The van der Waals surface area contributed by atoms with Crippen LogP contribution in [0.2, 0.25) is 0 Å². The lowest BCUT2D eigenvalue weighted by Crippen LogP contribution is -2.35. The summed E-state index contributed by atoms with van der Waals surface area (Å²) >= 11 is 0. The van der Waals surface area contributed by atoms with Crippen LogP contribution in [0, 0.1) is 12.3 Å². The van der Waals surface area contributed by atoms with Crippen molar-refractivity contribution in [3.8, 4) is 0 Å². The van der Waals surface area contributed by atoms with Crippen molar-refractivity contribution in [1.29, 1.82) is 0 Å². The van der Waals surface area contributed by atoms with Gasteiger partial charge in [0, 0.05) is 13.5 Å². The number of carbonyl (C=O) groups excluding carboxylic acids is 1. The molecule has 0 aliphatic rings. The number of carbonyl (C=O) groups is 1. The second-order valence-corrected chi connectivity index (χ2v) is 7.04. The van der Waals surface area contributed by atoms with Crippen LogP contribution in [0.15, 0.2) is 41.1 Å². The average Bonchev–Trinajstić information content (AvgIpc) is 3.23. The third kappa shape index (κ3) is 4.75. The molecule has 1 amide bonds. The molecule has 3 rings (SSSR count). The van der Waals surface area contributed by atoms with Crippen molar-refractivity contribution in [2.45, 2.75) is 33.7 Å². The lowest BCUT2D eigenvalue weighted by Gasteiger charge is -2.24. The molecule has 1 aromatic carbocycles. The first-order chi connectivity index (χ1) is 12.4. The van der Waals surface area contributed by atoms with E-state index in [2.05, 4.69) is 51.7 Å². The molecule has 0 atom stereocenters. The smallest absolute Gasteiger partial charge is 0.273 e. The zero-order valence-corrected chi connectivity index (χ0v) is 15.1. The molecule has 26 heavy (non-hydrogen) atoms. The van der Waals surface area contributed by atoms with Gasteiger partial charge in [-0.15, -0.1) is 5.10 Å². The molecule has 3 aromatic rings. The first-order valence-electron chi connectivity index (χ1n) is 8.43. The van der Waals surface area contributed by atoms with Gasteiger partial charge in [0.15, 0.2) is 11.5 Å². The van der Waals surface area contributed by atoms with E-state index >= 15 is 0 Å². The maximum Gasteiger partial charge on any atom is 0.273 e. The number of nitrogens with one attached hydrogen (secondary N) is 1. The zero-order valence-electron chi connectivity index (χ0n) is 15.1. The summed E-state index contributed by atoms with van der Waals surface area (Å²) in [6.07, 6.45) is 2.45. The minimum Gasteiger partial charge on any atom is -0.350 e. The molecular formula is C18H22N6O2. The fourth-order valence-corrected chi connectivity index (χ4v) is 2.65. The maximum atomic E-state index is 12.3. The van der Waals surface area contributed by atoms with Gasteiger partial charge in [0.1, 0.15) is 6.54 Å². The van der Waals surface area contributed by atoms with Crippen LogP contribution in [0.1, 0.15) is 41.6 Å². The Morgan fingerprint density at radius 2 is 2.04 bits per heavy atom. The standard InChI is InChI=1S/C18H22N6O2/c1-13-20-16(22-26-13)11-24-10-15(21-23-24)17(25)19-12-18(2,3)9-14-7-5-4-6-8-14/h4-8,10H,9,11-12H2,1-3H3,(H,19,25). The third-order valence-electron chi connectivity index (χ3n) is 3.90. The van der Waals surface area contributed by atoms with Gasteiger partial charge in [0.25, 0.3) is 5.91 Å². The highest BCUT2D eigenvalue weighted by Gasteiger charge is 2.21. The van der Waals surface area contributed by atoms with Gasteiger partial charge in [-0.25, -0.2) is 4.68 Å². The highest BCUT2D eigenvalue weighted by molar-refractivity contribution is 5.91. The monoisotopic (exact) mass is 354 g/mol. The fourth-order valence-electron chi connectivity index (χ4n) is 2.65. The highest BCUT2D eigenvalue weighted by atomic mass is 16.5. The van der Waals surface area contributed by atoms with Crippen molar-refractivity contribution in [3.63, 3.8) is 0 Å². The fraction of sp³-hybridized carbons (Fsp3) is 0.389. The predicted octanol–water partition coefficient (Wildman–Crippen LogP) is 2.02. The van der Waals surface area contributed by atoms with E-state index < -0.39 is 0 Å². The van der Waals surface area contributed by atoms with Gasteiger partial charge < -0.3 is 9.84 Å². The van der Waals surface area contributed by atoms with Gasteiger partial charge in [0.05, 0.1) is 6.20 Å². The minimum absolute atomic E-state index is 0.0742. The number of benzene rings is 1. The molecule has 0 aliphatic heterocycles. The van der Waals surface area contributed by atoms with Crippen LogP contribution in [0.25, 0.3) is 0 Å². The van der Waals surface area contributed by atoms with Gasteiger partial charge in [-0.05, 0) is 17.4 Å². The summed E-state index contributed by atoms with van der Waals surface area (Å²) in [6, 6.07) is 10.2. The van der Waals surface area contributed by atoms with E-state index in [0.29, 0.717) is 24.8 Å². The third-order valence-corrected chi connectivity index (χ3v) is 3.90. The van der Waals surface area contributed by atoms with Crippen LogP contribution < -0.4 is 5.32 Å². The number of aromatic nitrogens is 5. The van der Waals surface area contributed by atoms with Crippen LogP contribution in [-0.4, -0.2) is 37.6 Å². The number of nitrogens with zero attached hydrogens (tertiary/aromatic N) is 5. The first kappa shape index (κ1) is 17.8. The Morgan fingerprint density at radius 1 is 1.27 bits per heavy atom. The number of amides is 1. The molecule has 0 aliphatic carbocycles. The Labute approximate surface area is 151 Å². The molecule has 1 N–H and O–H groups in total. The molecular weight excluding hydrogens is 332 g/mol. The lowest BCUT2D eigenvalue weighted by atomic mass is 9.85. The van der Waals surface area contributed by atoms with Gasteiger partial charge in [-0.2, -0.15) is 4.98 Å². The predicted molar refractivity (Wildman–Crippen MR) is 94.4 cm³/mol. The Morgan fingerprint density at radius 3 is 2.73 bits per heavy atom. The maximum absolute atomic E-state index is 12.3. The van der Waals surface area contributed by atoms with E-state index in [1.54, 1.807) is 13.1 Å². The second-order valence-electron chi connectivity index (χ2n) is 7.04. The number of aryl methyl sites for hydroxylation is 1. The molecule has 0 saturated carbocycles. The number of rotatable bonds is 7. The molecule has 0 unspecified atom stereocenters. The SMILES string of the molecule is Cc1nc(Cn2cc(C(=O)NCC(C)(C)Cc3ccccc3)nn2)no1. The molecule has 0 spiro atoms. The Kier molecular flexibility index (Phi) is 5.11. The van der Waals surface area contributed by atoms with Gasteiger partial charge >= 0.3 is 0 Å². The first-order valence-corrected chi connectivity index (χ1v) is 8.43. The zero-order chi connectivity index (χ0) is 18.6. The van der Waals surface area contributed by atoms with Crippen LogP contribution in [0.4, 0.5) is 0 Å². The topological polar surface area (TPSA) is 98.7 Å². The van der Waals surface area contributed by atoms with E-state index in [0.717, 1.165) is 6.42 Å². The average molecular weight is 354 g/mol. The Hall–Kier alpha value is -3.03. The molecule has 2 heterocycles. The van der Waals surface area contributed by atoms with Crippen molar-refractivity contribution < 1.29 is 9.32 Å². The van der Waals surface area contributed by atoms with Crippen molar-refractivity contribution in [3.05, 3.63) is 59.5 Å². The molecule has 0 radical (unpaired) electrons. The lowest BCUT2D eigenvalue weighted by molar-refractivity contribution is 0.0931.